The van der Waals surface area contributed by atoms with Crippen molar-refractivity contribution >= 4 is 17.5 Å². The maximum atomic E-state index is 14.5. The molecule has 0 aromatic heterocycles. The van der Waals surface area contributed by atoms with Crippen molar-refractivity contribution in [2.24, 2.45) is 0 Å². The molecule has 142 valence electrons. The summed E-state index contributed by atoms with van der Waals surface area (Å²) in [5.41, 5.74) is 2.11. The first-order valence-electron chi connectivity index (χ1n) is 9.35. The molecular formula is C21H22ClFN2O2. The molecule has 2 aromatic rings. The van der Waals surface area contributed by atoms with Gasteiger partial charge in [-0.2, -0.15) is 0 Å². The van der Waals surface area contributed by atoms with Crippen LogP contribution in [-0.4, -0.2) is 37.0 Å². The van der Waals surface area contributed by atoms with Gasteiger partial charge in [-0.3, -0.25) is 9.69 Å². The lowest BCUT2D eigenvalue weighted by Gasteiger charge is -2.29. The van der Waals surface area contributed by atoms with Gasteiger partial charge in [0.15, 0.2) is 0 Å². The van der Waals surface area contributed by atoms with Crippen LogP contribution < -0.4 is 10.1 Å². The number of carbonyl (C=O) groups excluding carboxylic acids is 1. The molecule has 27 heavy (non-hydrogen) atoms. The molecule has 0 spiro atoms. The van der Waals surface area contributed by atoms with Gasteiger partial charge in [0.05, 0.1) is 12.6 Å². The average molecular weight is 389 g/mol. The number of hydrogen-bond acceptors (Lipinski definition) is 3. The van der Waals surface area contributed by atoms with Gasteiger partial charge in [-0.05, 0) is 61.8 Å². The molecule has 0 saturated carbocycles. The predicted octanol–water partition coefficient (Wildman–Crippen LogP) is 3.98. The first-order valence-corrected chi connectivity index (χ1v) is 9.73. The van der Waals surface area contributed by atoms with E-state index >= 15 is 0 Å². The Labute approximate surface area is 163 Å². The molecule has 2 aliphatic rings. The number of nitrogens with one attached hydrogen (secondary N) is 1. The van der Waals surface area contributed by atoms with Gasteiger partial charge in [-0.1, -0.05) is 17.7 Å². The molecule has 6 heteroatoms. The molecule has 1 fully saturated rings. The van der Waals surface area contributed by atoms with Gasteiger partial charge in [0.1, 0.15) is 11.6 Å². The highest BCUT2D eigenvalue weighted by atomic mass is 35.5. The Morgan fingerprint density at radius 1 is 1.26 bits per heavy atom. The summed E-state index contributed by atoms with van der Waals surface area (Å²) in [4.78, 5) is 14.9. The highest BCUT2D eigenvalue weighted by Crippen LogP contribution is 2.32. The molecule has 1 unspecified atom stereocenters. The van der Waals surface area contributed by atoms with E-state index in [-0.39, 0.29) is 17.8 Å². The van der Waals surface area contributed by atoms with E-state index in [0.717, 1.165) is 43.7 Å². The van der Waals surface area contributed by atoms with E-state index in [0.29, 0.717) is 29.3 Å². The van der Waals surface area contributed by atoms with E-state index in [1.54, 1.807) is 18.2 Å². The van der Waals surface area contributed by atoms with Crippen LogP contribution in [0.3, 0.4) is 0 Å². The van der Waals surface area contributed by atoms with Gasteiger partial charge >= 0.3 is 0 Å². The van der Waals surface area contributed by atoms with E-state index in [1.165, 1.54) is 6.07 Å². The van der Waals surface area contributed by atoms with Crippen LogP contribution in [0.15, 0.2) is 36.4 Å². The van der Waals surface area contributed by atoms with Crippen LogP contribution in [0, 0.1) is 5.82 Å². The molecule has 0 aliphatic carbocycles. The second-order valence-electron chi connectivity index (χ2n) is 7.03. The first kappa shape index (κ1) is 18.3. The Balaban J connectivity index is 1.53. The van der Waals surface area contributed by atoms with Crippen molar-refractivity contribution in [1.29, 1.82) is 0 Å². The van der Waals surface area contributed by atoms with Crippen LogP contribution in [0.1, 0.15) is 40.4 Å². The van der Waals surface area contributed by atoms with Crippen LogP contribution in [0.5, 0.6) is 5.75 Å². The van der Waals surface area contributed by atoms with Gasteiger partial charge in [-0.25, -0.2) is 4.39 Å². The molecule has 1 atom stereocenters. The van der Waals surface area contributed by atoms with E-state index in [9.17, 15) is 9.18 Å². The number of hydrogen-bond donors (Lipinski definition) is 1. The first-order chi connectivity index (χ1) is 13.1. The molecule has 0 bridgehead atoms. The minimum atomic E-state index is -0.330. The molecule has 1 N–H and O–H groups in total. The largest absolute Gasteiger partial charge is 0.493 e. The monoisotopic (exact) mass is 388 g/mol. The zero-order chi connectivity index (χ0) is 18.8. The normalized spacial score (nSPS) is 17.4. The third kappa shape index (κ3) is 3.80. The Morgan fingerprint density at radius 2 is 2.07 bits per heavy atom. The maximum Gasteiger partial charge on any atom is 0.251 e. The fraction of sp³-hybridized carbons (Fsp3) is 0.381. The Hall–Kier alpha value is -2.11. The summed E-state index contributed by atoms with van der Waals surface area (Å²) in [6, 6.07) is 9.93. The van der Waals surface area contributed by atoms with Crippen molar-refractivity contribution in [2.45, 2.75) is 25.3 Å². The summed E-state index contributed by atoms with van der Waals surface area (Å²) in [5, 5.41) is 3.37. The molecular weight excluding hydrogens is 367 g/mol. The van der Waals surface area contributed by atoms with Gasteiger partial charge in [0, 0.05) is 29.1 Å². The number of nitrogens with zero attached hydrogens (tertiary/aromatic N) is 1. The number of halogens is 2. The van der Waals surface area contributed by atoms with Crippen LogP contribution in [0.25, 0.3) is 0 Å². The molecule has 4 nitrogen and oxygen atoms in total. The van der Waals surface area contributed by atoms with Crippen LogP contribution in [-0.2, 0) is 6.42 Å². The van der Waals surface area contributed by atoms with Gasteiger partial charge in [0.2, 0.25) is 0 Å². The minimum Gasteiger partial charge on any atom is -0.493 e. The fourth-order valence-electron chi connectivity index (χ4n) is 3.92. The molecule has 1 saturated heterocycles. The predicted molar refractivity (Wildman–Crippen MR) is 103 cm³/mol. The van der Waals surface area contributed by atoms with Crippen molar-refractivity contribution in [2.75, 3.05) is 26.2 Å². The molecule has 2 aliphatic heterocycles. The number of amides is 1. The van der Waals surface area contributed by atoms with Crippen molar-refractivity contribution in [1.82, 2.24) is 10.2 Å². The Bertz CT molecular complexity index is 832. The standard InChI is InChI=1S/C21H22ClFN2O2/c22-16-4-3-5-17(23)20(16)18(25-9-1-2-10-25)13-24-21(26)15-6-7-19-14(12-15)8-11-27-19/h3-7,12,18H,1-2,8-11,13H2,(H,24,26). The second-order valence-corrected chi connectivity index (χ2v) is 7.43. The van der Waals surface area contributed by atoms with Crippen molar-refractivity contribution in [3.63, 3.8) is 0 Å². The Morgan fingerprint density at radius 3 is 2.85 bits per heavy atom. The zero-order valence-electron chi connectivity index (χ0n) is 15.0. The highest BCUT2D eigenvalue weighted by Gasteiger charge is 2.28. The highest BCUT2D eigenvalue weighted by molar-refractivity contribution is 6.31. The number of fused-ring (bicyclic) bond motifs is 1. The second kappa shape index (κ2) is 7.87. The van der Waals surface area contributed by atoms with E-state index in [2.05, 4.69) is 10.2 Å². The minimum absolute atomic E-state index is 0.165. The maximum absolute atomic E-state index is 14.5. The van der Waals surface area contributed by atoms with E-state index < -0.39 is 0 Å². The van der Waals surface area contributed by atoms with Crippen LogP contribution in [0.4, 0.5) is 4.39 Å². The lowest BCUT2D eigenvalue weighted by Crippen LogP contribution is -2.37. The van der Waals surface area contributed by atoms with E-state index in [4.69, 9.17) is 16.3 Å². The van der Waals surface area contributed by atoms with Crippen molar-refractivity contribution < 1.29 is 13.9 Å². The van der Waals surface area contributed by atoms with Gasteiger partial charge < -0.3 is 10.1 Å². The quantitative estimate of drug-likeness (QED) is 0.842. The van der Waals surface area contributed by atoms with Crippen molar-refractivity contribution in [3.05, 3.63) is 63.9 Å². The topological polar surface area (TPSA) is 41.6 Å². The summed E-state index contributed by atoms with van der Waals surface area (Å²) in [7, 11) is 0. The van der Waals surface area contributed by atoms with Crippen LogP contribution >= 0.6 is 11.6 Å². The van der Waals surface area contributed by atoms with Crippen molar-refractivity contribution in [3.8, 4) is 5.75 Å². The number of rotatable bonds is 5. The number of benzene rings is 2. The van der Waals surface area contributed by atoms with Gasteiger partial charge in [-0.15, -0.1) is 0 Å². The average Bonchev–Trinajstić information content (AvgIpc) is 3.34. The number of likely N-dealkylation sites (tertiary alicyclic amines) is 1. The SMILES string of the molecule is O=C(NCC(c1c(F)cccc1Cl)N1CCCC1)c1ccc2c(c1)CCO2. The van der Waals surface area contributed by atoms with Crippen LogP contribution in [0.2, 0.25) is 5.02 Å². The lowest BCUT2D eigenvalue weighted by atomic mass is 10.0. The summed E-state index contributed by atoms with van der Waals surface area (Å²) >= 11 is 6.31. The molecule has 4 rings (SSSR count). The summed E-state index contributed by atoms with van der Waals surface area (Å²) in [6.45, 7) is 2.72. The summed E-state index contributed by atoms with van der Waals surface area (Å²) < 4.78 is 20.0. The number of ether oxygens (including phenoxy) is 1. The third-order valence-electron chi connectivity index (χ3n) is 5.32. The lowest BCUT2D eigenvalue weighted by molar-refractivity contribution is 0.0937. The molecule has 0 radical (unpaired) electrons. The smallest absolute Gasteiger partial charge is 0.251 e. The summed E-state index contributed by atoms with van der Waals surface area (Å²) in [6.07, 6.45) is 2.96. The molecule has 2 heterocycles. The molecule has 2 aromatic carbocycles. The summed E-state index contributed by atoms with van der Waals surface area (Å²) in [5.74, 6) is 0.351. The van der Waals surface area contributed by atoms with E-state index in [1.807, 2.05) is 12.1 Å². The Kier molecular flexibility index (Phi) is 5.32. The van der Waals surface area contributed by atoms with Gasteiger partial charge in [0.25, 0.3) is 5.91 Å². The fourth-order valence-corrected chi connectivity index (χ4v) is 4.20. The molecule has 1 amide bonds. The third-order valence-corrected chi connectivity index (χ3v) is 5.65. The zero-order valence-corrected chi connectivity index (χ0v) is 15.8. The number of carbonyl (C=O) groups is 1.